The second-order valence-electron chi connectivity index (χ2n) is 3.46. The molecule has 0 aliphatic heterocycles. The highest BCUT2D eigenvalue weighted by atomic mass is 35.5. The number of nitrogens with zero attached hydrogens (tertiary/aromatic N) is 1. The molecule has 1 atom stereocenters. The van der Waals surface area contributed by atoms with E-state index in [1.165, 1.54) is 17.4 Å². The molecule has 0 saturated carbocycles. The van der Waals surface area contributed by atoms with Gasteiger partial charge in [-0.1, -0.05) is 17.7 Å². The molecule has 16 heavy (non-hydrogen) atoms. The number of nitrogens with two attached hydrogens (primary N) is 1. The van der Waals surface area contributed by atoms with Gasteiger partial charge in [0, 0.05) is 22.7 Å². The van der Waals surface area contributed by atoms with Crippen LogP contribution in [0.3, 0.4) is 0 Å². The molecule has 2 rings (SSSR count). The Kier molecular flexibility index (Phi) is 3.23. The summed E-state index contributed by atoms with van der Waals surface area (Å²) in [6.45, 7) is 1.87. The van der Waals surface area contributed by atoms with Gasteiger partial charge in [0.05, 0.1) is 5.02 Å². The summed E-state index contributed by atoms with van der Waals surface area (Å²) in [6, 6.07) is 4.78. The highest BCUT2D eigenvalue weighted by Crippen LogP contribution is 2.32. The van der Waals surface area contributed by atoms with Crippen LogP contribution in [0, 0.1) is 5.82 Å². The van der Waals surface area contributed by atoms with E-state index >= 15 is 0 Å². The molecule has 0 aliphatic carbocycles. The number of halogens is 2. The lowest BCUT2D eigenvalue weighted by Crippen LogP contribution is -2.01. The van der Waals surface area contributed by atoms with Crippen molar-refractivity contribution < 1.29 is 4.39 Å². The largest absolute Gasteiger partial charge is 0.323 e. The second kappa shape index (κ2) is 4.49. The van der Waals surface area contributed by atoms with E-state index in [4.69, 9.17) is 17.3 Å². The average molecular weight is 257 g/mol. The van der Waals surface area contributed by atoms with Gasteiger partial charge in [-0.2, -0.15) is 0 Å². The van der Waals surface area contributed by atoms with Crippen molar-refractivity contribution in [2.24, 2.45) is 5.73 Å². The van der Waals surface area contributed by atoms with Gasteiger partial charge in [0.15, 0.2) is 5.82 Å². The number of thiazole rings is 1. The van der Waals surface area contributed by atoms with E-state index < -0.39 is 5.82 Å². The fraction of sp³-hybridized carbons (Fsp3) is 0.182. The van der Waals surface area contributed by atoms with Crippen LogP contribution in [0.2, 0.25) is 5.02 Å². The van der Waals surface area contributed by atoms with Crippen LogP contribution in [0.15, 0.2) is 24.4 Å². The van der Waals surface area contributed by atoms with Crippen molar-refractivity contribution in [2.75, 3.05) is 0 Å². The molecule has 0 aliphatic rings. The van der Waals surface area contributed by atoms with Crippen LogP contribution < -0.4 is 5.73 Å². The number of aromatic nitrogens is 1. The number of benzene rings is 1. The van der Waals surface area contributed by atoms with Gasteiger partial charge >= 0.3 is 0 Å². The molecule has 0 radical (unpaired) electrons. The lowest BCUT2D eigenvalue weighted by Gasteiger charge is -2.00. The summed E-state index contributed by atoms with van der Waals surface area (Å²) in [7, 11) is 0. The monoisotopic (exact) mass is 256 g/mol. The maximum absolute atomic E-state index is 13.7. The lowest BCUT2D eigenvalue weighted by atomic mass is 10.2. The molecule has 2 aromatic rings. The SMILES string of the molecule is CC(N)c1cnc(-c2cccc(Cl)c2F)s1. The van der Waals surface area contributed by atoms with Crippen molar-refractivity contribution in [3.63, 3.8) is 0 Å². The summed E-state index contributed by atoms with van der Waals surface area (Å²) in [6.07, 6.45) is 1.67. The molecule has 1 aromatic carbocycles. The molecule has 0 spiro atoms. The van der Waals surface area contributed by atoms with Gasteiger partial charge < -0.3 is 5.73 Å². The number of rotatable bonds is 2. The van der Waals surface area contributed by atoms with Crippen LogP contribution in [-0.4, -0.2) is 4.98 Å². The summed E-state index contributed by atoms with van der Waals surface area (Å²) in [5.41, 5.74) is 6.14. The fourth-order valence-corrected chi connectivity index (χ4v) is 2.35. The molecule has 1 aromatic heterocycles. The normalized spacial score (nSPS) is 12.8. The van der Waals surface area contributed by atoms with E-state index in [-0.39, 0.29) is 11.1 Å². The van der Waals surface area contributed by atoms with Crippen molar-refractivity contribution in [3.8, 4) is 10.6 Å². The van der Waals surface area contributed by atoms with Crippen molar-refractivity contribution in [1.29, 1.82) is 0 Å². The van der Waals surface area contributed by atoms with Crippen LogP contribution in [0.1, 0.15) is 17.8 Å². The second-order valence-corrected chi connectivity index (χ2v) is 4.93. The topological polar surface area (TPSA) is 38.9 Å². The Labute approximate surface area is 102 Å². The zero-order valence-electron chi connectivity index (χ0n) is 8.58. The van der Waals surface area contributed by atoms with Crippen LogP contribution in [-0.2, 0) is 0 Å². The molecular formula is C11H10ClFN2S. The predicted molar refractivity (Wildman–Crippen MR) is 65.1 cm³/mol. The third-order valence-electron chi connectivity index (χ3n) is 2.15. The fourth-order valence-electron chi connectivity index (χ4n) is 1.29. The summed E-state index contributed by atoms with van der Waals surface area (Å²) < 4.78 is 13.7. The third-order valence-corrected chi connectivity index (χ3v) is 3.68. The maximum Gasteiger partial charge on any atom is 0.152 e. The summed E-state index contributed by atoms with van der Waals surface area (Å²) in [5.74, 6) is -0.435. The van der Waals surface area contributed by atoms with Gasteiger partial charge in [-0.25, -0.2) is 9.37 Å². The first-order valence-corrected chi connectivity index (χ1v) is 5.94. The molecule has 1 heterocycles. The minimum absolute atomic E-state index is 0.0894. The molecule has 0 saturated heterocycles. The Balaban J connectivity index is 2.47. The van der Waals surface area contributed by atoms with Crippen molar-refractivity contribution in [1.82, 2.24) is 4.98 Å². The van der Waals surface area contributed by atoms with Crippen LogP contribution >= 0.6 is 22.9 Å². The predicted octanol–water partition coefficient (Wildman–Crippen LogP) is 3.62. The van der Waals surface area contributed by atoms with Crippen molar-refractivity contribution >= 4 is 22.9 Å². The molecule has 2 nitrogen and oxygen atoms in total. The Hall–Kier alpha value is -0.970. The molecule has 0 amide bonds. The molecule has 0 fully saturated rings. The molecule has 1 unspecified atom stereocenters. The Bertz CT molecular complexity index is 510. The molecule has 2 N–H and O–H groups in total. The summed E-state index contributed by atoms with van der Waals surface area (Å²) >= 11 is 7.09. The molecule has 5 heteroatoms. The van der Waals surface area contributed by atoms with Gasteiger partial charge in [-0.05, 0) is 19.1 Å². The van der Waals surface area contributed by atoms with Crippen molar-refractivity contribution in [3.05, 3.63) is 40.1 Å². The van der Waals surface area contributed by atoms with E-state index in [9.17, 15) is 4.39 Å². The van der Waals surface area contributed by atoms with E-state index in [1.807, 2.05) is 6.92 Å². The van der Waals surface area contributed by atoms with Gasteiger partial charge in [0.1, 0.15) is 5.01 Å². The maximum atomic E-state index is 13.7. The first-order valence-electron chi connectivity index (χ1n) is 4.75. The van der Waals surface area contributed by atoms with Crippen LogP contribution in [0.25, 0.3) is 10.6 Å². The van der Waals surface area contributed by atoms with E-state index in [2.05, 4.69) is 4.98 Å². The zero-order chi connectivity index (χ0) is 11.7. The first kappa shape index (κ1) is 11.5. The van der Waals surface area contributed by atoms with Crippen LogP contribution in [0.5, 0.6) is 0 Å². The average Bonchev–Trinajstić information content (AvgIpc) is 2.71. The summed E-state index contributed by atoms with van der Waals surface area (Å²) in [4.78, 5) is 5.07. The summed E-state index contributed by atoms with van der Waals surface area (Å²) in [5, 5.41) is 0.711. The third kappa shape index (κ3) is 2.09. The Morgan fingerprint density at radius 1 is 1.50 bits per heavy atom. The van der Waals surface area contributed by atoms with Gasteiger partial charge in [0.2, 0.25) is 0 Å². The van der Waals surface area contributed by atoms with E-state index in [0.717, 1.165) is 4.88 Å². The molecule has 84 valence electrons. The number of hydrogen-bond donors (Lipinski definition) is 1. The highest BCUT2D eigenvalue weighted by Gasteiger charge is 2.13. The van der Waals surface area contributed by atoms with E-state index in [1.54, 1.807) is 18.3 Å². The molecule has 0 bridgehead atoms. The standard InChI is InChI=1S/C11H10ClFN2S/c1-6(14)9-5-15-11(16-9)7-3-2-4-8(12)10(7)13/h2-6H,14H2,1H3. The first-order chi connectivity index (χ1) is 7.59. The van der Waals surface area contributed by atoms with Gasteiger partial charge in [-0.3, -0.25) is 0 Å². The van der Waals surface area contributed by atoms with E-state index in [0.29, 0.717) is 10.6 Å². The quantitative estimate of drug-likeness (QED) is 0.891. The Morgan fingerprint density at radius 2 is 2.25 bits per heavy atom. The lowest BCUT2D eigenvalue weighted by molar-refractivity contribution is 0.631. The zero-order valence-corrected chi connectivity index (χ0v) is 10.1. The number of hydrogen-bond acceptors (Lipinski definition) is 3. The highest BCUT2D eigenvalue weighted by molar-refractivity contribution is 7.15. The van der Waals surface area contributed by atoms with Crippen LogP contribution in [0.4, 0.5) is 4.39 Å². The Morgan fingerprint density at radius 3 is 2.88 bits per heavy atom. The molecular weight excluding hydrogens is 247 g/mol. The minimum atomic E-state index is -0.435. The van der Waals surface area contributed by atoms with Gasteiger partial charge in [0.25, 0.3) is 0 Å². The van der Waals surface area contributed by atoms with Crippen molar-refractivity contribution in [2.45, 2.75) is 13.0 Å². The minimum Gasteiger partial charge on any atom is -0.323 e. The smallest absolute Gasteiger partial charge is 0.152 e. The van der Waals surface area contributed by atoms with Gasteiger partial charge in [-0.15, -0.1) is 11.3 Å².